The minimum absolute atomic E-state index is 0.0187. The summed E-state index contributed by atoms with van der Waals surface area (Å²) in [4.78, 5) is 17.0. The first kappa shape index (κ1) is 13.8. The molecule has 0 atom stereocenters. The van der Waals surface area contributed by atoms with E-state index >= 15 is 0 Å². The number of thiophene rings is 1. The maximum atomic E-state index is 11.9. The largest absolute Gasteiger partial charge is 0.338 e. The number of aromatic nitrogens is 2. The van der Waals surface area contributed by atoms with E-state index in [1.54, 1.807) is 24.3 Å². The van der Waals surface area contributed by atoms with Crippen molar-refractivity contribution < 1.29 is 9.32 Å². The first-order chi connectivity index (χ1) is 10.2. The molecule has 3 rings (SSSR count). The van der Waals surface area contributed by atoms with E-state index in [0.717, 1.165) is 4.88 Å². The van der Waals surface area contributed by atoms with Crippen LogP contribution in [0.15, 0.2) is 46.3 Å². The quantitative estimate of drug-likeness (QED) is 0.797. The molecule has 0 saturated heterocycles. The standard InChI is InChI=1S/C14H10ClN3O2S/c15-9-3-1-4-10(7-9)16-12(19)8-13-17-14(18-20-13)11-5-2-6-21-11/h1-7H,8H2,(H,16,19). The van der Waals surface area contributed by atoms with Gasteiger partial charge in [-0.25, -0.2) is 0 Å². The molecule has 1 N–H and O–H groups in total. The van der Waals surface area contributed by atoms with Crippen molar-refractivity contribution in [2.24, 2.45) is 0 Å². The summed E-state index contributed by atoms with van der Waals surface area (Å²) in [5.74, 6) is 0.534. The van der Waals surface area contributed by atoms with Gasteiger partial charge in [-0.1, -0.05) is 28.9 Å². The van der Waals surface area contributed by atoms with Crippen LogP contribution in [0.3, 0.4) is 0 Å². The zero-order valence-electron chi connectivity index (χ0n) is 10.7. The highest BCUT2D eigenvalue weighted by atomic mass is 35.5. The molecular weight excluding hydrogens is 310 g/mol. The molecule has 0 aliphatic carbocycles. The molecule has 0 spiro atoms. The SMILES string of the molecule is O=C(Cc1nc(-c2cccs2)no1)Nc1cccc(Cl)c1. The molecule has 1 aromatic carbocycles. The highest BCUT2D eigenvalue weighted by Gasteiger charge is 2.13. The van der Waals surface area contributed by atoms with E-state index < -0.39 is 0 Å². The lowest BCUT2D eigenvalue weighted by molar-refractivity contribution is -0.115. The van der Waals surface area contributed by atoms with Gasteiger partial charge in [-0.2, -0.15) is 4.98 Å². The number of benzene rings is 1. The van der Waals surface area contributed by atoms with Crippen LogP contribution in [0.1, 0.15) is 5.89 Å². The summed E-state index contributed by atoms with van der Waals surface area (Å²) in [6, 6.07) is 10.7. The highest BCUT2D eigenvalue weighted by molar-refractivity contribution is 7.13. The summed E-state index contributed by atoms with van der Waals surface area (Å²) in [5, 5.41) is 9.07. The number of carbonyl (C=O) groups is 1. The zero-order chi connectivity index (χ0) is 14.7. The number of rotatable bonds is 4. The van der Waals surface area contributed by atoms with Crippen LogP contribution >= 0.6 is 22.9 Å². The van der Waals surface area contributed by atoms with Crippen LogP contribution in [0.5, 0.6) is 0 Å². The summed E-state index contributed by atoms with van der Waals surface area (Å²) < 4.78 is 5.08. The number of hydrogen-bond donors (Lipinski definition) is 1. The Hall–Kier alpha value is -2.18. The topological polar surface area (TPSA) is 68.0 Å². The van der Waals surface area contributed by atoms with E-state index in [-0.39, 0.29) is 18.2 Å². The minimum atomic E-state index is -0.237. The number of halogens is 1. The molecule has 0 bridgehead atoms. The maximum absolute atomic E-state index is 11.9. The lowest BCUT2D eigenvalue weighted by Crippen LogP contribution is -2.14. The van der Waals surface area contributed by atoms with Crippen LogP contribution in [-0.4, -0.2) is 16.0 Å². The number of hydrogen-bond acceptors (Lipinski definition) is 5. The van der Waals surface area contributed by atoms with Gasteiger partial charge in [-0.15, -0.1) is 11.3 Å². The van der Waals surface area contributed by atoms with Crippen LogP contribution in [0.25, 0.3) is 10.7 Å². The lowest BCUT2D eigenvalue weighted by atomic mass is 10.3. The fourth-order valence-corrected chi connectivity index (χ4v) is 2.58. The maximum Gasteiger partial charge on any atom is 0.236 e. The third kappa shape index (κ3) is 3.48. The van der Waals surface area contributed by atoms with Crippen molar-refractivity contribution in [3.05, 3.63) is 52.7 Å². The molecule has 106 valence electrons. The molecule has 1 amide bonds. The molecule has 3 aromatic rings. The average Bonchev–Trinajstić information content (AvgIpc) is 3.08. The van der Waals surface area contributed by atoms with Gasteiger partial charge in [0.15, 0.2) is 0 Å². The van der Waals surface area contributed by atoms with Crippen LogP contribution in [-0.2, 0) is 11.2 Å². The van der Waals surface area contributed by atoms with Gasteiger partial charge in [0.1, 0.15) is 6.42 Å². The van der Waals surface area contributed by atoms with Gasteiger partial charge in [0.25, 0.3) is 0 Å². The summed E-state index contributed by atoms with van der Waals surface area (Å²) in [5.41, 5.74) is 0.630. The molecule has 0 unspecified atom stereocenters. The molecule has 0 fully saturated rings. The molecule has 7 heteroatoms. The highest BCUT2D eigenvalue weighted by Crippen LogP contribution is 2.21. The Kier molecular flexibility index (Phi) is 3.98. The van der Waals surface area contributed by atoms with Crippen LogP contribution in [0.4, 0.5) is 5.69 Å². The van der Waals surface area contributed by atoms with Gasteiger partial charge in [0, 0.05) is 10.7 Å². The van der Waals surface area contributed by atoms with Gasteiger partial charge in [0.05, 0.1) is 4.88 Å². The third-order valence-corrected chi connectivity index (χ3v) is 3.73. The van der Waals surface area contributed by atoms with E-state index in [9.17, 15) is 4.79 Å². The summed E-state index contributed by atoms with van der Waals surface area (Å²) >= 11 is 7.37. The molecule has 2 heterocycles. The first-order valence-corrected chi connectivity index (χ1v) is 7.38. The van der Waals surface area contributed by atoms with Crippen molar-refractivity contribution in [1.82, 2.24) is 10.1 Å². The number of carbonyl (C=O) groups excluding carboxylic acids is 1. The average molecular weight is 320 g/mol. The smallest absolute Gasteiger partial charge is 0.236 e. The molecule has 5 nitrogen and oxygen atoms in total. The van der Waals surface area contributed by atoms with Crippen LogP contribution in [0.2, 0.25) is 5.02 Å². The van der Waals surface area contributed by atoms with Gasteiger partial charge < -0.3 is 9.84 Å². The molecule has 0 aliphatic heterocycles. The molecular formula is C14H10ClN3O2S. The predicted octanol–water partition coefficient (Wildman–Crippen LogP) is 3.63. The molecule has 21 heavy (non-hydrogen) atoms. The van der Waals surface area contributed by atoms with Gasteiger partial charge in [-0.3, -0.25) is 4.79 Å². The van der Waals surface area contributed by atoms with Crippen molar-refractivity contribution in [1.29, 1.82) is 0 Å². The predicted molar refractivity (Wildman–Crippen MR) is 81.4 cm³/mol. The second-order valence-corrected chi connectivity index (χ2v) is 5.61. The van der Waals surface area contributed by atoms with Crippen LogP contribution < -0.4 is 5.32 Å². The second-order valence-electron chi connectivity index (χ2n) is 4.22. The molecule has 0 aliphatic rings. The molecule has 2 aromatic heterocycles. The zero-order valence-corrected chi connectivity index (χ0v) is 12.3. The van der Waals surface area contributed by atoms with Crippen LogP contribution in [0, 0.1) is 0 Å². The fourth-order valence-electron chi connectivity index (χ4n) is 1.74. The minimum Gasteiger partial charge on any atom is -0.338 e. The number of nitrogens with one attached hydrogen (secondary N) is 1. The van der Waals surface area contributed by atoms with E-state index in [2.05, 4.69) is 15.5 Å². The van der Waals surface area contributed by atoms with E-state index in [4.69, 9.17) is 16.1 Å². The Balaban J connectivity index is 1.65. The van der Waals surface area contributed by atoms with E-state index in [1.807, 2.05) is 17.5 Å². The fraction of sp³-hybridized carbons (Fsp3) is 0.0714. The van der Waals surface area contributed by atoms with Crippen molar-refractivity contribution in [3.63, 3.8) is 0 Å². The lowest BCUT2D eigenvalue weighted by Gasteiger charge is -2.03. The van der Waals surface area contributed by atoms with Crippen molar-refractivity contribution in [2.75, 3.05) is 5.32 Å². The Bertz CT molecular complexity index is 755. The first-order valence-electron chi connectivity index (χ1n) is 6.12. The van der Waals surface area contributed by atoms with Crippen molar-refractivity contribution in [3.8, 4) is 10.7 Å². The summed E-state index contributed by atoms with van der Waals surface area (Å²) in [6.07, 6.45) is 0.0187. The Morgan fingerprint density at radius 2 is 2.24 bits per heavy atom. The Morgan fingerprint density at radius 3 is 3.00 bits per heavy atom. The summed E-state index contributed by atoms with van der Waals surface area (Å²) in [7, 11) is 0. The summed E-state index contributed by atoms with van der Waals surface area (Å²) in [6.45, 7) is 0. The molecule has 0 radical (unpaired) electrons. The third-order valence-electron chi connectivity index (χ3n) is 2.63. The van der Waals surface area contributed by atoms with Gasteiger partial charge in [-0.05, 0) is 29.6 Å². The normalized spacial score (nSPS) is 10.5. The number of nitrogens with zero attached hydrogens (tertiary/aromatic N) is 2. The monoisotopic (exact) mass is 319 g/mol. The second kappa shape index (κ2) is 6.07. The van der Waals surface area contributed by atoms with E-state index in [0.29, 0.717) is 16.5 Å². The Morgan fingerprint density at radius 1 is 1.33 bits per heavy atom. The van der Waals surface area contributed by atoms with Crippen molar-refractivity contribution in [2.45, 2.75) is 6.42 Å². The van der Waals surface area contributed by atoms with Gasteiger partial charge in [0.2, 0.25) is 17.6 Å². The van der Waals surface area contributed by atoms with Gasteiger partial charge >= 0.3 is 0 Å². The van der Waals surface area contributed by atoms with Crippen molar-refractivity contribution >= 4 is 34.5 Å². The number of amides is 1. The number of anilines is 1. The Labute approximate surface area is 129 Å². The van der Waals surface area contributed by atoms with E-state index in [1.165, 1.54) is 11.3 Å². The molecule has 0 saturated carbocycles.